The second-order valence-electron chi connectivity index (χ2n) is 4.11. The van der Waals surface area contributed by atoms with Crippen LogP contribution in [-0.4, -0.2) is 22.2 Å². The number of thioether (sulfide) groups is 1. The number of hydrogen-bond donors (Lipinski definition) is 2. The van der Waals surface area contributed by atoms with Crippen LogP contribution in [0.2, 0.25) is 0 Å². The van der Waals surface area contributed by atoms with E-state index in [9.17, 15) is 14.0 Å². The molecule has 1 aromatic heterocycles. The SMILES string of the molecule is CC(Sc1ncc(-c2ccc(F)cc2)o1)C(=O)NC(N)=O. The number of nitrogens with two attached hydrogens (primary N) is 1. The third kappa shape index (κ3) is 4.06. The Labute approximate surface area is 123 Å². The summed E-state index contributed by atoms with van der Waals surface area (Å²) in [6, 6.07) is 4.84. The summed E-state index contributed by atoms with van der Waals surface area (Å²) in [5.41, 5.74) is 5.54. The topological polar surface area (TPSA) is 98.2 Å². The molecule has 1 unspecified atom stereocenters. The van der Waals surface area contributed by atoms with E-state index in [-0.39, 0.29) is 11.0 Å². The molecule has 0 radical (unpaired) electrons. The summed E-state index contributed by atoms with van der Waals surface area (Å²) < 4.78 is 18.3. The van der Waals surface area contributed by atoms with Crippen molar-refractivity contribution in [3.8, 4) is 11.3 Å². The Hall–Kier alpha value is -2.35. The Bertz CT molecular complexity index is 657. The van der Waals surface area contributed by atoms with Crippen LogP contribution >= 0.6 is 11.8 Å². The predicted octanol–water partition coefficient (Wildman–Crippen LogP) is 2.16. The maximum absolute atomic E-state index is 12.8. The lowest BCUT2D eigenvalue weighted by atomic mass is 10.2. The Balaban J connectivity index is 2.04. The van der Waals surface area contributed by atoms with E-state index in [1.54, 1.807) is 19.1 Å². The molecule has 1 aromatic carbocycles. The molecule has 2 rings (SSSR count). The maximum atomic E-state index is 12.8. The first-order valence-corrected chi connectivity index (χ1v) is 6.82. The second kappa shape index (κ2) is 6.40. The highest BCUT2D eigenvalue weighted by atomic mass is 32.2. The molecular weight excluding hydrogens is 297 g/mol. The van der Waals surface area contributed by atoms with E-state index < -0.39 is 17.2 Å². The molecule has 0 bridgehead atoms. The van der Waals surface area contributed by atoms with E-state index in [1.165, 1.54) is 18.3 Å². The van der Waals surface area contributed by atoms with Crippen LogP contribution in [0, 0.1) is 5.82 Å². The molecule has 8 heteroatoms. The molecule has 0 fully saturated rings. The van der Waals surface area contributed by atoms with Gasteiger partial charge in [0, 0.05) is 5.56 Å². The number of carbonyl (C=O) groups is 2. The van der Waals surface area contributed by atoms with Crippen molar-refractivity contribution in [1.29, 1.82) is 0 Å². The first-order chi connectivity index (χ1) is 9.95. The Kier molecular flexibility index (Phi) is 4.59. The van der Waals surface area contributed by atoms with Crippen LogP contribution in [0.1, 0.15) is 6.92 Å². The molecule has 0 aliphatic carbocycles. The summed E-state index contributed by atoms with van der Waals surface area (Å²) in [7, 11) is 0. The highest BCUT2D eigenvalue weighted by Gasteiger charge is 2.19. The van der Waals surface area contributed by atoms with Crippen molar-refractivity contribution in [2.75, 3.05) is 0 Å². The molecule has 0 aliphatic heterocycles. The van der Waals surface area contributed by atoms with Crippen LogP contribution in [-0.2, 0) is 4.79 Å². The van der Waals surface area contributed by atoms with Gasteiger partial charge >= 0.3 is 6.03 Å². The number of urea groups is 1. The van der Waals surface area contributed by atoms with Gasteiger partial charge in [0.15, 0.2) is 5.76 Å². The van der Waals surface area contributed by atoms with Crippen LogP contribution < -0.4 is 11.1 Å². The predicted molar refractivity (Wildman–Crippen MR) is 74.9 cm³/mol. The maximum Gasteiger partial charge on any atom is 0.318 e. The molecule has 1 heterocycles. The van der Waals surface area contributed by atoms with Crippen molar-refractivity contribution in [3.05, 3.63) is 36.3 Å². The molecule has 2 aromatic rings. The molecule has 21 heavy (non-hydrogen) atoms. The first kappa shape index (κ1) is 15.0. The van der Waals surface area contributed by atoms with Crippen molar-refractivity contribution in [1.82, 2.24) is 10.3 Å². The minimum atomic E-state index is -0.910. The third-order valence-corrected chi connectivity index (χ3v) is 3.46. The van der Waals surface area contributed by atoms with Gasteiger partial charge in [-0.15, -0.1) is 0 Å². The summed E-state index contributed by atoms with van der Waals surface area (Å²) in [5.74, 6) is -0.418. The molecule has 0 saturated heterocycles. The Morgan fingerprint density at radius 2 is 2.05 bits per heavy atom. The number of nitrogens with zero attached hydrogens (tertiary/aromatic N) is 1. The van der Waals surface area contributed by atoms with Gasteiger partial charge in [0.1, 0.15) is 5.82 Å². The monoisotopic (exact) mass is 309 g/mol. The highest BCUT2D eigenvalue weighted by molar-refractivity contribution is 8.00. The number of benzene rings is 1. The minimum absolute atomic E-state index is 0.265. The average molecular weight is 309 g/mol. The smallest absolute Gasteiger partial charge is 0.318 e. The van der Waals surface area contributed by atoms with Crippen LogP contribution in [0.3, 0.4) is 0 Å². The second-order valence-corrected chi connectivity index (χ2v) is 5.40. The van der Waals surface area contributed by atoms with Crippen molar-refractivity contribution < 1.29 is 18.4 Å². The highest BCUT2D eigenvalue weighted by Crippen LogP contribution is 2.28. The number of amides is 3. The summed E-state index contributed by atoms with van der Waals surface area (Å²) in [6.45, 7) is 1.59. The molecule has 0 spiro atoms. The molecule has 3 amide bonds. The zero-order chi connectivity index (χ0) is 15.4. The van der Waals surface area contributed by atoms with E-state index in [0.717, 1.165) is 11.8 Å². The van der Waals surface area contributed by atoms with Gasteiger partial charge in [-0.1, -0.05) is 11.8 Å². The van der Waals surface area contributed by atoms with Crippen LogP contribution in [0.5, 0.6) is 0 Å². The van der Waals surface area contributed by atoms with Gasteiger partial charge in [-0.25, -0.2) is 14.2 Å². The summed E-state index contributed by atoms with van der Waals surface area (Å²) >= 11 is 1.04. The van der Waals surface area contributed by atoms with Gasteiger partial charge in [-0.3, -0.25) is 10.1 Å². The number of halogens is 1. The lowest BCUT2D eigenvalue weighted by Gasteiger charge is -2.06. The van der Waals surface area contributed by atoms with Gasteiger partial charge in [-0.2, -0.15) is 0 Å². The lowest BCUT2D eigenvalue weighted by Crippen LogP contribution is -2.39. The number of carbonyl (C=O) groups excluding carboxylic acids is 2. The van der Waals surface area contributed by atoms with Crippen LogP contribution in [0.4, 0.5) is 9.18 Å². The number of aromatic nitrogens is 1. The van der Waals surface area contributed by atoms with Gasteiger partial charge in [0.05, 0.1) is 11.4 Å². The summed E-state index contributed by atoms with van der Waals surface area (Å²) in [6.07, 6.45) is 1.48. The molecule has 1 atom stereocenters. The number of nitrogens with one attached hydrogen (secondary N) is 1. The number of oxazole rings is 1. The van der Waals surface area contributed by atoms with Gasteiger partial charge in [-0.05, 0) is 31.2 Å². The Morgan fingerprint density at radius 1 is 1.38 bits per heavy atom. The normalized spacial score (nSPS) is 11.9. The lowest BCUT2D eigenvalue weighted by molar-refractivity contribution is -0.119. The fourth-order valence-electron chi connectivity index (χ4n) is 1.49. The summed E-state index contributed by atoms with van der Waals surface area (Å²) in [5, 5.41) is 1.64. The average Bonchev–Trinajstić information content (AvgIpc) is 2.87. The van der Waals surface area contributed by atoms with E-state index >= 15 is 0 Å². The summed E-state index contributed by atoms with van der Waals surface area (Å²) in [4.78, 5) is 26.1. The fourth-order valence-corrected chi connectivity index (χ4v) is 2.21. The van der Waals surface area contributed by atoms with E-state index in [1.807, 2.05) is 5.32 Å². The van der Waals surface area contributed by atoms with Crippen molar-refractivity contribution in [2.24, 2.45) is 5.73 Å². The zero-order valence-corrected chi connectivity index (χ0v) is 11.8. The first-order valence-electron chi connectivity index (χ1n) is 5.94. The molecule has 0 saturated carbocycles. The van der Waals surface area contributed by atoms with Crippen molar-refractivity contribution >= 4 is 23.7 Å². The van der Waals surface area contributed by atoms with E-state index in [2.05, 4.69) is 4.98 Å². The van der Waals surface area contributed by atoms with Crippen LogP contribution in [0.15, 0.2) is 40.1 Å². The largest absolute Gasteiger partial charge is 0.431 e. The van der Waals surface area contributed by atoms with E-state index in [4.69, 9.17) is 10.2 Å². The van der Waals surface area contributed by atoms with E-state index in [0.29, 0.717) is 11.3 Å². The van der Waals surface area contributed by atoms with Crippen molar-refractivity contribution in [3.63, 3.8) is 0 Å². The number of hydrogen-bond acceptors (Lipinski definition) is 5. The fraction of sp³-hybridized carbons (Fsp3) is 0.154. The molecule has 6 nitrogen and oxygen atoms in total. The number of primary amides is 1. The Morgan fingerprint density at radius 3 is 2.67 bits per heavy atom. The number of imide groups is 1. The molecule has 3 N–H and O–H groups in total. The minimum Gasteiger partial charge on any atom is -0.431 e. The van der Waals surface area contributed by atoms with Gasteiger partial charge in [0.2, 0.25) is 5.91 Å². The number of rotatable bonds is 4. The quantitative estimate of drug-likeness (QED) is 0.843. The van der Waals surface area contributed by atoms with Gasteiger partial charge in [0.25, 0.3) is 5.22 Å². The molecule has 110 valence electrons. The standard InChI is InChI=1S/C13H12FN3O3S/c1-7(11(18)17-12(15)19)21-13-16-6-10(20-13)8-2-4-9(14)5-3-8/h2-7H,1H3,(H3,15,17,18,19). The third-order valence-electron chi connectivity index (χ3n) is 2.51. The molecule has 0 aliphatic rings. The molecular formula is C13H12FN3O3S. The van der Waals surface area contributed by atoms with Crippen LogP contribution in [0.25, 0.3) is 11.3 Å². The van der Waals surface area contributed by atoms with Gasteiger partial charge < -0.3 is 10.2 Å². The zero-order valence-electron chi connectivity index (χ0n) is 11.0. The van der Waals surface area contributed by atoms with Crippen molar-refractivity contribution in [2.45, 2.75) is 17.4 Å².